The first kappa shape index (κ1) is 21.1. The second kappa shape index (κ2) is 7.66. The number of benzene rings is 3. The molecule has 1 aliphatic heterocycles. The summed E-state index contributed by atoms with van der Waals surface area (Å²) in [6, 6.07) is 11.8. The third-order valence-corrected chi connectivity index (χ3v) is 5.95. The molecule has 170 valence electrons. The maximum absolute atomic E-state index is 6.28. The molecule has 0 unspecified atom stereocenters. The Kier molecular flexibility index (Phi) is 4.89. The highest BCUT2D eigenvalue weighted by Crippen LogP contribution is 2.49. The molecular formula is C27H26O6. The molecule has 4 aromatic rings. The number of furan rings is 1. The fourth-order valence-electron chi connectivity index (χ4n) is 4.34. The summed E-state index contributed by atoms with van der Waals surface area (Å²) in [7, 11) is 6.50. The number of hydrogen-bond donors (Lipinski definition) is 0. The van der Waals surface area contributed by atoms with Gasteiger partial charge in [0, 0.05) is 22.6 Å². The number of hydrogen-bond acceptors (Lipinski definition) is 6. The van der Waals surface area contributed by atoms with Crippen LogP contribution in [-0.2, 0) is 0 Å². The van der Waals surface area contributed by atoms with E-state index in [2.05, 4.69) is 18.2 Å². The van der Waals surface area contributed by atoms with Crippen molar-refractivity contribution in [3.8, 4) is 39.9 Å². The predicted octanol–water partition coefficient (Wildman–Crippen LogP) is 6.47. The first-order valence-electron chi connectivity index (χ1n) is 10.6. The zero-order chi connectivity index (χ0) is 23.3. The summed E-state index contributed by atoms with van der Waals surface area (Å²) < 4.78 is 35.0. The third-order valence-electron chi connectivity index (χ3n) is 5.95. The monoisotopic (exact) mass is 446 g/mol. The quantitative estimate of drug-likeness (QED) is 0.350. The normalized spacial score (nSPS) is 14.1. The van der Waals surface area contributed by atoms with Gasteiger partial charge in [0.05, 0.1) is 33.8 Å². The topological polar surface area (TPSA) is 59.3 Å². The number of methoxy groups -OCH3 is 4. The van der Waals surface area contributed by atoms with Gasteiger partial charge in [0.1, 0.15) is 22.7 Å². The van der Waals surface area contributed by atoms with Crippen LogP contribution < -0.4 is 23.7 Å². The fourth-order valence-corrected chi connectivity index (χ4v) is 4.34. The highest BCUT2D eigenvalue weighted by atomic mass is 16.5. The van der Waals surface area contributed by atoms with Crippen LogP contribution in [0, 0.1) is 0 Å². The molecule has 0 aliphatic carbocycles. The lowest BCUT2D eigenvalue weighted by Crippen LogP contribution is -2.27. The molecule has 0 amide bonds. The SMILES string of the molecule is COc1cc2oc3c(OC)c(-c4ccc5c(c4)C=CC(C)(C)O5)cc(OC)c3c2cc1OC. The summed E-state index contributed by atoms with van der Waals surface area (Å²) in [5.41, 5.74) is 3.76. The van der Waals surface area contributed by atoms with Crippen molar-refractivity contribution in [3.63, 3.8) is 0 Å². The van der Waals surface area contributed by atoms with Gasteiger partial charge in [-0.1, -0.05) is 12.1 Å². The first-order valence-corrected chi connectivity index (χ1v) is 10.6. The molecule has 33 heavy (non-hydrogen) atoms. The highest BCUT2D eigenvalue weighted by Gasteiger charge is 2.25. The third kappa shape index (κ3) is 3.33. The van der Waals surface area contributed by atoms with E-state index in [9.17, 15) is 0 Å². The Bertz CT molecular complexity index is 1410. The highest BCUT2D eigenvalue weighted by molar-refractivity contribution is 6.13. The lowest BCUT2D eigenvalue weighted by molar-refractivity contribution is 0.159. The van der Waals surface area contributed by atoms with Crippen LogP contribution in [0.25, 0.3) is 39.1 Å². The minimum Gasteiger partial charge on any atom is -0.496 e. The van der Waals surface area contributed by atoms with Gasteiger partial charge in [-0.25, -0.2) is 0 Å². The summed E-state index contributed by atoms with van der Waals surface area (Å²) in [6.45, 7) is 4.07. The Balaban J connectivity index is 1.77. The molecule has 0 fully saturated rings. The molecule has 0 saturated carbocycles. The molecule has 0 atom stereocenters. The van der Waals surface area contributed by atoms with Crippen LogP contribution in [0.1, 0.15) is 19.4 Å². The Morgan fingerprint density at radius 1 is 0.788 bits per heavy atom. The van der Waals surface area contributed by atoms with E-state index in [-0.39, 0.29) is 5.60 Å². The van der Waals surface area contributed by atoms with Crippen LogP contribution in [0.5, 0.6) is 28.7 Å². The van der Waals surface area contributed by atoms with Crippen LogP contribution in [0.2, 0.25) is 0 Å². The molecule has 2 heterocycles. The fraction of sp³-hybridized carbons (Fsp3) is 0.259. The van der Waals surface area contributed by atoms with Crippen LogP contribution in [0.4, 0.5) is 0 Å². The molecule has 6 nitrogen and oxygen atoms in total. The summed E-state index contributed by atoms with van der Waals surface area (Å²) in [5.74, 6) is 3.35. The van der Waals surface area contributed by atoms with Crippen molar-refractivity contribution >= 4 is 28.0 Å². The minimum absolute atomic E-state index is 0.329. The average Bonchev–Trinajstić information content (AvgIpc) is 3.19. The van der Waals surface area contributed by atoms with Crippen molar-refractivity contribution in [3.05, 3.63) is 48.0 Å². The Hall–Kier alpha value is -3.80. The largest absolute Gasteiger partial charge is 0.496 e. The van der Waals surface area contributed by atoms with E-state index < -0.39 is 0 Å². The maximum atomic E-state index is 6.28. The maximum Gasteiger partial charge on any atom is 0.181 e. The number of ether oxygens (including phenoxy) is 5. The summed E-state index contributed by atoms with van der Waals surface area (Å²) in [5, 5.41) is 1.67. The van der Waals surface area contributed by atoms with E-state index in [1.165, 1.54) is 0 Å². The molecule has 0 radical (unpaired) electrons. The lowest BCUT2D eigenvalue weighted by Gasteiger charge is -2.28. The van der Waals surface area contributed by atoms with Crippen molar-refractivity contribution < 1.29 is 28.1 Å². The van der Waals surface area contributed by atoms with E-state index in [1.54, 1.807) is 28.4 Å². The second-order valence-electron chi connectivity index (χ2n) is 8.46. The molecule has 0 spiro atoms. The molecule has 1 aliphatic rings. The smallest absolute Gasteiger partial charge is 0.181 e. The van der Waals surface area contributed by atoms with Crippen LogP contribution in [0.3, 0.4) is 0 Å². The van der Waals surface area contributed by atoms with Gasteiger partial charge in [-0.2, -0.15) is 0 Å². The molecular weight excluding hydrogens is 420 g/mol. The lowest BCUT2D eigenvalue weighted by atomic mass is 9.96. The second-order valence-corrected chi connectivity index (χ2v) is 8.46. The Morgan fingerprint density at radius 2 is 1.52 bits per heavy atom. The average molecular weight is 446 g/mol. The van der Waals surface area contributed by atoms with E-state index in [4.69, 9.17) is 28.1 Å². The van der Waals surface area contributed by atoms with Crippen molar-refractivity contribution in [2.24, 2.45) is 0 Å². The van der Waals surface area contributed by atoms with Gasteiger partial charge in [-0.3, -0.25) is 0 Å². The molecule has 0 bridgehead atoms. The zero-order valence-electron chi connectivity index (χ0n) is 19.6. The minimum atomic E-state index is -0.329. The van der Waals surface area contributed by atoms with Crippen molar-refractivity contribution in [2.75, 3.05) is 28.4 Å². The first-order chi connectivity index (χ1) is 15.9. The number of rotatable bonds is 5. The molecule has 0 N–H and O–H groups in total. The van der Waals surface area contributed by atoms with Gasteiger partial charge in [0.2, 0.25) is 0 Å². The standard InChI is InChI=1S/C27H26O6/c1-27(2)10-9-16-11-15(7-8-19(16)33-27)17-12-23(30-5)24-18-13-21(28-3)22(29-4)14-20(18)32-26(24)25(17)31-6/h7-14H,1-6H3. The van der Waals surface area contributed by atoms with Gasteiger partial charge in [-0.15, -0.1) is 0 Å². The molecule has 3 aromatic carbocycles. The summed E-state index contributed by atoms with van der Waals surface area (Å²) >= 11 is 0. The van der Waals surface area contributed by atoms with Crippen molar-refractivity contribution in [1.29, 1.82) is 0 Å². The zero-order valence-corrected chi connectivity index (χ0v) is 19.6. The van der Waals surface area contributed by atoms with Gasteiger partial charge >= 0.3 is 0 Å². The van der Waals surface area contributed by atoms with Crippen molar-refractivity contribution in [2.45, 2.75) is 19.4 Å². The molecule has 5 rings (SSSR count). The molecule has 6 heteroatoms. The Labute approximate surface area is 192 Å². The summed E-state index contributed by atoms with van der Waals surface area (Å²) in [6.07, 6.45) is 4.14. The van der Waals surface area contributed by atoms with Gasteiger partial charge < -0.3 is 28.1 Å². The van der Waals surface area contributed by atoms with Crippen molar-refractivity contribution in [1.82, 2.24) is 0 Å². The number of fused-ring (bicyclic) bond motifs is 4. The van der Waals surface area contributed by atoms with E-state index in [0.29, 0.717) is 34.2 Å². The van der Waals surface area contributed by atoms with Crippen LogP contribution >= 0.6 is 0 Å². The van der Waals surface area contributed by atoms with E-state index in [0.717, 1.165) is 33.2 Å². The van der Waals surface area contributed by atoms with E-state index in [1.807, 2.05) is 44.2 Å². The van der Waals surface area contributed by atoms with Gasteiger partial charge in [0.15, 0.2) is 22.8 Å². The summed E-state index contributed by atoms with van der Waals surface area (Å²) in [4.78, 5) is 0. The molecule has 1 aromatic heterocycles. The van der Waals surface area contributed by atoms with E-state index >= 15 is 0 Å². The predicted molar refractivity (Wildman–Crippen MR) is 129 cm³/mol. The molecule has 0 saturated heterocycles. The van der Waals surface area contributed by atoms with Gasteiger partial charge in [0.25, 0.3) is 0 Å². The Morgan fingerprint density at radius 3 is 2.21 bits per heavy atom. The van der Waals surface area contributed by atoms with Gasteiger partial charge in [-0.05, 0) is 49.8 Å². The van der Waals surface area contributed by atoms with Crippen LogP contribution in [-0.4, -0.2) is 34.0 Å². The van der Waals surface area contributed by atoms with Crippen LogP contribution in [0.15, 0.2) is 46.9 Å².